The van der Waals surface area contributed by atoms with Crippen LogP contribution in [-0.2, 0) is 0 Å². The van der Waals surface area contributed by atoms with Gasteiger partial charge in [-0.15, -0.1) is 0 Å². The van der Waals surface area contributed by atoms with Crippen LogP contribution in [0.3, 0.4) is 0 Å². The van der Waals surface area contributed by atoms with Crippen molar-refractivity contribution in [1.82, 2.24) is 4.98 Å². The third kappa shape index (κ3) is 3.02. The van der Waals surface area contributed by atoms with Gasteiger partial charge in [0.1, 0.15) is 0 Å². The average Bonchev–Trinajstić information content (AvgIpc) is 2.50. The summed E-state index contributed by atoms with van der Waals surface area (Å²) in [7, 11) is 0. The summed E-state index contributed by atoms with van der Waals surface area (Å²) in [4.78, 5) is 17.5. The zero-order valence-electron chi connectivity index (χ0n) is 14.8. The van der Waals surface area contributed by atoms with Crippen molar-refractivity contribution in [2.75, 3.05) is 5.32 Å². The van der Waals surface area contributed by atoms with E-state index in [1.54, 1.807) is 0 Å². The molecule has 0 spiro atoms. The number of amides is 1. The van der Waals surface area contributed by atoms with Crippen LogP contribution in [0.25, 0.3) is 10.9 Å². The highest BCUT2D eigenvalue weighted by Gasteiger charge is 2.14. The van der Waals surface area contributed by atoms with Crippen molar-refractivity contribution in [2.45, 2.75) is 34.6 Å². The van der Waals surface area contributed by atoms with Gasteiger partial charge in [0.25, 0.3) is 5.91 Å². The smallest absolute Gasteiger partial charge is 0.256 e. The summed E-state index contributed by atoms with van der Waals surface area (Å²) >= 11 is 0. The number of pyridine rings is 1. The molecule has 0 aliphatic rings. The van der Waals surface area contributed by atoms with Crippen LogP contribution in [0.15, 0.2) is 36.4 Å². The molecule has 0 unspecified atom stereocenters. The molecule has 0 atom stereocenters. The minimum Gasteiger partial charge on any atom is -0.321 e. The Morgan fingerprint density at radius 3 is 2.21 bits per heavy atom. The highest BCUT2D eigenvalue weighted by atomic mass is 16.1. The van der Waals surface area contributed by atoms with Gasteiger partial charge < -0.3 is 5.32 Å². The van der Waals surface area contributed by atoms with Gasteiger partial charge in [-0.1, -0.05) is 29.3 Å². The molecule has 122 valence electrons. The molecule has 3 nitrogen and oxygen atoms in total. The fourth-order valence-electron chi connectivity index (χ4n) is 3.22. The Hall–Kier alpha value is -2.68. The van der Waals surface area contributed by atoms with Gasteiger partial charge in [-0.05, 0) is 63.9 Å². The van der Waals surface area contributed by atoms with Crippen molar-refractivity contribution >= 4 is 22.5 Å². The number of carbonyl (C=O) groups is 1. The van der Waals surface area contributed by atoms with Crippen LogP contribution in [0.4, 0.5) is 5.69 Å². The lowest BCUT2D eigenvalue weighted by atomic mass is 10.0. The van der Waals surface area contributed by atoms with Crippen LogP contribution in [0.1, 0.15) is 38.3 Å². The first kappa shape index (κ1) is 16.2. The highest BCUT2D eigenvalue weighted by molar-refractivity contribution is 6.13. The molecule has 0 fully saturated rings. The van der Waals surface area contributed by atoms with Crippen LogP contribution in [0, 0.1) is 34.6 Å². The normalized spacial score (nSPS) is 10.9. The van der Waals surface area contributed by atoms with Crippen LogP contribution >= 0.6 is 0 Å². The van der Waals surface area contributed by atoms with Crippen molar-refractivity contribution in [2.24, 2.45) is 0 Å². The quantitative estimate of drug-likeness (QED) is 0.720. The summed E-state index contributed by atoms with van der Waals surface area (Å²) in [6, 6.07) is 12.0. The Labute approximate surface area is 142 Å². The van der Waals surface area contributed by atoms with Crippen LogP contribution in [0.5, 0.6) is 0 Å². The van der Waals surface area contributed by atoms with Crippen molar-refractivity contribution in [3.63, 3.8) is 0 Å². The predicted octanol–water partition coefficient (Wildman–Crippen LogP) is 5.03. The van der Waals surface area contributed by atoms with E-state index in [-0.39, 0.29) is 5.91 Å². The Bertz CT molecular complexity index is 934. The molecule has 0 bridgehead atoms. The zero-order valence-corrected chi connectivity index (χ0v) is 14.8. The molecular formula is C21H22N2O. The molecule has 2 aromatic carbocycles. The van der Waals surface area contributed by atoms with Crippen molar-refractivity contribution < 1.29 is 4.79 Å². The number of nitrogens with one attached hydrogen (secondary N) is 1. The van der Waals surface area contributed by atoms with E-state index >= 15 is 0 Å². The molecule has 0 aliphatic heterocycles. The molecule has 0 radical (unpaired) electrons. The molecule has 0 aliphatic carbocycles. The number of anilines is 1. The third-order valence-electron chi connectivity index (χ3n) is 4.25. The van der Waals surface area contributed by atoms with Gasteiger partial charge in [-0.2, -0.15) is 0 Å². The second kappa shape index (κ2) is 6.08. The fraction of sp³-hybridized carbons (Fsp3) is 0.238. The lowest BCUT2D eigenvalue weighted by Crippen LogP contribution is -2.15. The van der Waals surface area contributed by atoms with Crippen LogP contribution in [-0.4, -0.2) is 10.9 Å². The number of carbonyl (C=O) groups excluding carboxylic acids is 1. The molecule has 1 aromatic heterocycles. The van der Waals surface area contributed by atoms with E-state index in [9.17, 15) is 4.79 Å². The molecule has 3 rings (SSSR count). The number of nitrogens with zero attached hydrogens (tertiary/aromatic N) is 1. The van der Waals surface area contributed by atoms with E-state index in [0.29, 0.717) is 5.56 Å². The van der Waals surface area contributed by atoms with Gasteiger partial charge in [0.05, 0.1) is 11.1 Å². The maximum absolute atomic E-state index is 12.9. The molecule has 0 saturated heterocycles. The molecule has 1 amide bonds. The summed E-state index contributed by atoms with van der Waals surface area (Å²) in [5.41, 5.74) is 7.71. The topological polar surface area (TPSA) is 42.0 Å². The van der Waals surface area contributed by atoms with E-state index in [2.05, 4.69) is 29.4 Å². The Balaban J connectivity index is 2.08. The molecule has 1 heterocycles. The summed E-state index contributed by atoms with van der Waals surface area (Å²) < 4.78 is 0. The Morgan fingerprint density at radius 2 is 1.54 bits per heavy atom. The predicted molar refractivity (Wildman–Crippen MR) is 99.8 cm³/mol. The maximum atomic E-state index is 12.9. The lowest BCUT2D eigenvalue weighted by Gasteiger charge is -2.14. The highest BCUT2D eigenvalue weighted by Crippen LogP contribution is 2.25. The number of hydrogen-bond acceptors (Lipinski definition) is 2. The van der Waals surface area contributed by atoms with Gasteiger partial charge in [-0.3, -0.25) is 9.78 Å². The minimum atomic E-state index is -0.0915. The largest absolute Gasteiger partial charge is 0.321 e. The fourth-order valence-corrected chi connectivity index (χ4v) is 3.22. The molecule has 1 N–H and O–H groups in total. The number of aromatic nitrogens is 1. The number of rotatable bonds is 2. The first-order valence-electron chi connectivity index (χ1n) is 8.12. The summed E-state index contributed by atoms with van der Waals surface area (Å²) in [6.45, 7) is 10.0. The minimum absolute atomic E-state index is 0.0915. The summed E-state index contributed by atoms with van der Waals surface area (Å²) in [5, 5.41) is 3.98. The molecule has 24 heavy (non-hydrogen) atoms. The summed E-state index contributed by atoms with van der Waals surface area (Å²) in [5.74, 6) is -0.0915. The van der Waals surface area contributed by atoms with Crippen LogP contribution < -0.4 is 5.32 Å². The van der Waals surface area contributed by atoms with Crippen molar-refractivity contribution in [3.8, 4) is 0 Å². The maximum Gasteiger partial charge on any atom is 0.256 e. The third-order valence-corrected chi connectivity index (χ3v) is 4.25. The monoisotopic (exact) mass is 318 g/mol. The molecule has 3 heteroatoms. The SMILES string of the molecule is Cc1cc(C)c(NC(=O)c2cc(C)nc3ccc(C)cc23)c(C)c1. The first-order valence-corrected chi connectivity index (χ1v) is 8.12. The zero-order chi connectivity index (χ0) is 17.4. The van der Waals surface area contributed by atoms with E-state index in [1.807, 2.05) is 52.0 Å². The second-order valence-electron chi connectivity index (χ2n) is 6.56. The first-order chi connectivity index (χ1) is 11.3. The van der Waals surface area contributed by atoms with Crippen molar-refractivity contribution in [1.29, 1.82) is 0 Å². The molecule has 3 aromatic rings. The van der Waals surface area contributed by atoms with Crippen molar-refractivity contribution in [3.05, 3.63) is 69.9 Å². The van der Waals surface area contributed by atoms with E-state index in [0.717, 1.165) is 39.0 Å². The van der Waals surface area contributed by atoms with E-state index in [1.165, 1.54) is 5.56 Å². The lowest BCUT2D eigenvalue weighted by molar-refractivity contribution is 0.102. The van der Waals surface area contributed by atoms with E-state index in [4.69, 9.17) is 0 Å². The number of hydrogen-bond donors (Lipinski definition) is 1. The molecular weight excluding hydrogens is 296 g/mol. The average molecular weight is 318 g/mol. The number of aryl methyl sites for hydroxylation is 5. The standard InChI is InChI=1S/C21H22N2O/c1-12-6-7-19-17(10-12)18(11-16(5)22-19)21(24)23-20-14(3)8-13(2)9-15(20)4/h6-11H,1-5H3,(H,23,24). The van der Waals surface area contributed by atoms with Gasteiger partial charge in [0.15, 0.2) is 0 Å². The van der Waals surface area contributed by atoms with E-state index < -0.39 is 0 Å². The van der Waals surface area contributed by atoms with Gasteiger partial charge in [0, 0.05) is 16.8 Å². The van der Waals surface area contributed by atoms with Gasteiger partial charge >= 0.3 is 0 Å². The molecule has 0 saturated carbocycles. The second-order valence-corrected chi connectivity index (χ2v) is 6.56. The summed E-state index contributed by atoms with van der Waals surface area (Å²) in [6.07, 6.45) is 0. The van der Waals surface area contributed by atoms with Gasteiger partial charge in [0.2, 0.25) is 0 Å². The van der Waals surface area contributed by atoms with Gasteiger partial charge in [-0.25, -0.2) is 0 Å². The Kier molecular flexibility index (Phi) is 4.10. The van der Waals surface area contributed by atoms with Crippen LogP contribution in [0.2, 0.25) is 0 Å². The number of benzene rings is 2. The number of fused-ring (bicyclic) bond motifs is 1. The Morgan fingerprint density at radius 1 is 0.875 bits per heavy atom.